The molecule has 1 aliphatic rings. The van der Waals surface area contributed by atoms with Gasteiger partial charge in [-0.05, 0) is 24.6 Å². The van der Waals surface area contributed by atoms with Crippen molar-refractivity contribution in [3.05, 3.63) is 28.5 Å². The van der Waals surface area contributed by atoms with Crippen LogP contribution < -0.4 is 4.90 Å². The maximum atomic E-state index is 13.5. The number of hydrogen-bond donors (Lipinski definition) is 1. The van der Waals surface area contributed by atoms with Crippen LogP contribution in [0.1, 0.15) is 6.42 Å². The Kier molecular flexibility index (Phi) is 2.88. The highest BCUT2D eigenvalue weighted by Crippen LogP contribution is 2.38. The van der Waals surface area contributed by atoms with Gasteiger partial charge in [0, 0.05) is 17.6 Å². The van der Waals surface area contributed by atoms with E-state index in [0.29, 0.717) is 12.1 Å². The van der Waals surface area contributed by atoms with Crippen molar-refractivity contribution in [3.63, 3.8) is 0 Å². The van der Waals surface area contributed by atoms with E-state index in [-0.39, 0.29) is 17.8 Å². The summed E-state index contributed by atoms with van der Waals surface area (Å²) >= 11 is 3.27. The SMILES string of the molecule is CN(c1cc(Br)ccc1F)C1CC1C(=O)O. The summed E-state index contributed by atoms with van der Waals surface area (Å²) in [5.74, 6) is -1.52. The van der Waals surface area contributed by atoms with E-state index < -0.39 is 5.97 Å². The largest absolute Gasteiger partial charge is 0.481 e. The Hall–Kier alpha value is -1.10. The fourth-order valence-electron chi connectivity index (χ4n) is 1.81. The zero-order chi connectivity index (χ0) is 11.9. The average Bonchev–Trinajstić information content (AvgIpc) is 3.00. The Morgan fingerprint density at radius 3 is 2.88 bits per heavy atom. The average molecular weight is 288 g/mol. The molecule has 1 fully saturated rings. The van der Waals surface area contributed by atoms with Crippen molar-refractivity contribution in [2.24, 2.45) is 5.92 Å². The van der Waals surface area contributed by atoms with Gasteiger partial charge in [0.25, 0.3) is 0 Å². The Bertz CT molecular complexity index is 438. The molecule has 5 heteroatoms. The Balaban J connectivity index is 2.19. The van der Waals surface area contributed by atoms with E-state index in [9.17, 15) is 9.18 Å². The van der Waals surface area contributed by atoms with Crippen LogP contribution in [0.5, 0.6) is 0 Å². The van der Waals surface area contributed by atoms with Crippen LogP contribution >= 0.6 is 15.9 Å². The second kappa shape index (κ2) is 4.05. The van der Waals surface area contributed by atoms with E-state index >= 15 is 0 Å². The molecular weight excluding hydrogens is 277 g/mol. The molecular formula is C11H11BrFNO2. The summed E-state index contributed by atoms with van der Waals surface area (Å²) in [6.07, 6.45) is 0.581. The van der Waals surface area contributed by atoms with Gasteiger partial charge in [0.15, 0.2) is 0 Å². The number of aliphatic carboxylic acids is 1. The minimum Gasteiger partial charge on any atom is -0.481 e. The van der Waals surface area contributed by atoms with Gasteiger partial charge >= 0.3 is 5.97 Å². The van der Waals surface area contributed by atoms with E-state index in [2.05, 4.69) is 15.9 Å². The Morgan fingerprint density at radius 2 is 2.31 bits per heavy atom. The van der Waals surface area contributed by atoms with Gasteiger partial charge < -0.3 is 10.0 Å². The van der Waals surface area contributed by atoms with Crippen LogP contribution in [0.3, 0.4) is 0 Å². The molecule has 3 nitrogen and oxygen atoms in total. The van der Waals surface area contributed by atoms with Crippen LogP contribution in [0, 0.1) is 11.7 Å². The van der Waals surface area contributed by atoms with E-state index in [1.807, 2.05) is 0 Å². The third-order valence-electron chi connectivity index (χ3n) is 2.86. The van der Waals surface area contributed by atoms with Gasteiger partial charge in [-0.1, -0.05) is 15.9 Å². The predicted molar refractivity (Wildman–Crippen MR) is 62.0 cm³/mol. The summed E-state index contributed by atoms with van der Waals surface area (Å²) in [7, 11) is 1.72. The molecule has 2 rings (SSSR count). The maximum Gasteiger partial charge on any atom is 0.308 e. The third-order valence-corrected chi connectivity index (χ3v) is 3.35. The van der Waals surface area contributed by atoms with Crippen molar-refractivity contribution in [2.45, 2.75) is 12.5 Å². The highest BCUT2D eigenvalue weighted by molar-refractivity contribution is 9.10. The van der Waals surface area contributed by atoms with Crippen LogP contribution in [0.4, 0.5) is 10.1 Å². The van der Waals surface area contributed by atoms with Crippen molar-refractivity contribution < 1.29 is 14.3 Å². The van der Waals surface area contributed by atoms with E-state index in [1.165, 1.54) is 6.07 Å². The standard InChI is InChI=1S/C11H11BrFNO2/c1-14(9-5-7(9)11(15)16)10-4-6(12)2-3-8(10)13/h2-4,7,9H,5H2,1H3,(H,15,16). The summed E-state index contributed by atoms with van der Waals surface area (Å²) in [6, 6.07) is 4.55. The number of halogens is 2. The van der Waals surface area contributed by atoms with Gasteiger partial charge in [0.2, 0.25) is 0 Å². The first-order chi connectivity index (χ1) is 7.50. The minimum atomic E-state index is -0.813. The molecule has 1 aromatic carbocycles. The molecule has 0 aliphatic heterocycles. The van der Waals surface area contributed by atoms with Crippen LogP contribution in [-0.2, 0) is 4.79 Å². The highest BCUT2D eigenvalue weighted by atomic mass is 79.9. The minimum absolute atomic E-state index is 0.0960. The number of carboxylic acid groups (broad SMARTS) is 1. The lowest BCUT2D eigenvalue weighted by Gasteiger charge is -2.20. The number of rotatable bonds is 3. The summed E-state index contributed by atoms with van der Waals surface area (Å²) in [5.41, 5.74) is 0.433. The quantitative estimate of drug-likeness (QED) is 0.929. The summed E-state index contributed by atoms with van der Waals surface area (Å²) in [5, 5.41) is 8.81. The van der Waals surface area contributed by atoms with Gasteiger partial charge in [-0.25, -0.2) is 4.39 Å². The van der Waals surface area contributed by atoms with Gasteiger partial charge in [-0.3, -0.25) is 4.79 Å². The second-order valence-corrected chi connectivity index (χ2v) is 4.87. The monoisotopic (exact) mass is 287 g/mol. The number of benzene rings is 1. The normalized spacial score (nSPS) is 22.9. The van der Waals surface area contributed by atoms with Gasteiger partial charge in [0.05, 0.1) is 11.6 Å². The molecule has 0 amide bonds. The number of nitrogens with zero attached hydrogens (tertiary/aromatic N) is 1. The maximum absolute atomic E-state index is 13.5. The molecule has 86 valence electrons. The number of hydrogen-bond acceptors (Lipinski definition) is 2. The van der Waals surface area contributed by atoms with Crippen molar-refractivity contribution in [2.75, 3.05) is 11.9 Å². The molecule has 1 saturated carbocycles. The van der Waals surface area contributed by atoms with Crippen LogP contribution in [0.2, 0.25) is 0 Å². The molecule has 0 spiro atoms. The number of carbonyl (C=O) groups is 1. The molecule has 1 N–H and O–H groups in total. The van der Waals surface area contributed by atoms with Crippen LogP contribution in [0.25, 0.3) is 0 Å². The molecule has 0 radical (unpaired) electrons. The Morgan fingerprint density at radius 1 is 1.62 bits per heavy atom. The molecule has 0 heterocycles. The second-order valence-electron chi connectivity index (χ2n) is 3.95. The molecule has 0 saturated heterocycles. The summed E-state index contributed by atoms with van der Waals surface area (Å²) in [6.45, 7) is 0. The van der Waals surface area contributed by atoms with Crippen molar-refractivity contribution in [3.8, 4) is 0 Å². The molecule has 2 unspecified atom stereocenters. The number of carboxylic acids is 1. The van der Waals surface area contributed by atoms with Gasteiger partial charge in [-0.2, -0.15) is 0 Å². The van der Waals surface area contributed by atoms with Gasteiger partial charge in [0.1, 0.15) is 5.82 Å². The fraction of sp³-hybridized carbons (Fsp3) is 0.364. The highest BCUT2D eigenvalue weighted by Gasteiger charge is 2.46. The molecule has 1 aliphatic carbocycles. The Labute approximate surface area is 101 Å². The predicted octanol–water partition coefficient (Wildman–Crippen LogP) is 2.50. The topological polar surface area (TPSA) is 40.5 Å². The zero-order valence-corrected chi connectivity index (χ0v) is 10.2. The fourth-order valence-corrected chi connectivity index (χ4v) is 2.16. The van der Waals surface area contributed by atoms with E-state index in [1.54, 1.807) is 24.1 Å². The zero-order valence-electron chi connectivity index (χ0n) is 8.65. The number of anilines is 1. The molecule has 0 aromatic heterocycles. The van der Waals surface area contributed by atoms with Crippen molar-refractivity contribution in [1.29, 1.82) is 0 Å². The third kappa shape index (κ3) is 2.04. The lowest BCUT2D eigenvalue weighted by atomic mass is 10.2. The van der Waals surface area contributed by atoms with Gasteiger partial charge in [-0.15, -0.1) is 0 Å². The van der Waals surface area contributed by atoms with E-state index in [0.717, 1.165) is 4.47 Å². The molecule has 2 atom stereocenters. The van der Waals surface area contributed by atoms with Crippen LogP contribution in [-0.4, -0.2) is 24.2 Å². The first-order valence-corrected chi connectivity index (χ1v) is 5.70. The van der Waals surface area contributed by atoms with Crippen LogP contribution in [0.15, 0.2) is 22.7 Å². The van der Waals surface area contributed by atoms with E-state index in [4.69, 9.17) is 5.11 Å². The lowest BCUT2D eigenvalue weighted by molar-refractivity contribution is -0.138. The lowest BCUT2D eigenvalue weighted by Crippen LogP contribution is -2.24. The summed E-state index contributed by atoms with van der Waals surface area (Å²) in [4.78, 5) is 12.4. The molecule has 1 aromatic rings. The first-order valence-electron chi connectivity index (χ1n) is 4.91. The summed E-state index contributed by atoms with van der Waals surface area (Å²) < 4.78 is 14.3. The van der Waals surface area contributed by atoms with Crippen molar-refractivity contribution >= 4 is 27.6 Å². The smallest absolute Gasteiger partial charge is 0.308 e. The molecule has 0 bridgehead atoms. The molecule has 16 heavy (non-hydrogen) atoms. The first kappa shape index (κ1) is 11.4. The van der Waals surface area contributed by atoms with Crippen molar-refractivity contribution in [1.82, 2.24) is 0 Å².